The summed E-state index contributed by atoms with van der Waals surface area (Å²) in [4.78, 5) is 12.3. The average molecular weight is 339 g/mol. The lowest BCUT2D eigenvalue weighted by Crippen LogP contribution is -2.30. The van der Waals surface area contributed by atoms with Gasteiger partial charge in [0.1, 0.15) is 0 Å². The maximum atomic E-state index is 12.3. The normalized spacial score (nSPS) is 12.1. The molecule has 0 spiro atoms. The third-order valence-corrected chi connectivity index (χ3v) is 4.22. The number of carbonyl (C=O) groups excluding carboxylic acids is 1. The molecule has 122 valence electrons. The Kier molecular flexibility index (Phi) is 5.14. The molecule has 24 heavy (non-hydrogen) atoms. The molecule has 2 N–H and O–H groups in total. The first kappa shape index (κ1) is 16.5. The summed E-state index contributed by atoms with van der Waals surface area (Å²) in [5.74, 6) is -0.0692. The minimum Gasteiger partial charge on any atom is -0.324 e. The Morgan fingerprint density at radius 3 is 2.62 bits per heavy atom. The van der Waals surface area contributed by atoms with E-state index in [0.717, 1.165) is 22.0 Å². The van der Waals surface area contributed by atoms with Gasteiger partial charge in [0.2, 0.25) is 5.91 Å². The summed E-state index contributed by atoms with van der Waals surface area (Å²) in [7, 11) is 0. The van der Waals surface area contributed by atoms with Gasteiger partial charge in [-0.3, -0.25) is 4.79 Å². The molecule has 1 atom stereocenters. The third-order valence-electron chi connectivity index (χ3n) is 3.98. The Morgan fingerprint density at radius 2 is 1.79 bits per heavy atom. The van der Waals surface area contributed by atoms with Crippen LogP contribution in [0.3, 0.4) is 0 Å². The number of rotatable bonds is 5. The topological polar surface area (TPSA) is 41.1 Å². The Morgan fingerprint density at radius 1 is 1.04 bits per heavy atom. The van der Waals surface area contributed by atoms with Crippen LogP contribution in [-0.4, -0.2) is 12.5 Å². The van der Waals surface area contributed by atoms with Gasteiger partial charge in [0, 0.05) is 22.1 Å². The number of carbonyl (C=O) groups is 1. The molecule has 0 aliphatic rings. The summed E-state index contributed by atoms with van der Waals surface area (Å²) < 4.78 is 0. The number of amides is 1. The fraction of sp³-hybridized carbons (Fsp3) is 0.150. The summed E-state index contributed by atoms with van der Waals surface area (Å²) in [6, 6.07) is 21.6. The first-order valence-corrected chi connectivity index (χ1v) is 8.28. The van der Waals surface area contributed by atoms with E-state index in [1.807, 2.05) is 73.7 Å². The van der Waals surface area contributed by atoms with Crippen LogP contribution in [0.4, 0.5) is 5.69 Å². The second kappa shape index (κ2) is 7.47. The maximum Gasteiger partial charge on any atom is 0.238 e. The zero-order chi connectivity index (χ0) is 16.9. The summed E-state index contributed by atoms with van der Waals surface area (Å²) in [5.41, 5.74) is 1.88. The SMILES string of the molecule is C[C@@H](NCC(=O)Nc1cccc2ccccc12)c1cccc(Cl)c1. The average Bonchev–Trinajstić information content (AvgIpc) is 2.60. The Bertz CT molecular complexity index is 858. The van der Waals surface area contributed by atoms with Gasteiger partial charge < -0.3 is 10.6 Å². The van der Waals surface area contributed by atoms with Crippen molar-refractivity contribution in [2.45, 2.75) is 13.0 Å². The summed E-state index contributed by atoms with van der Waals surface area (Å²) >= 11 is 6.01. The van der Waals surface area contributed by atoms with Crippen LogP contribution in [0.15, 0.2) is 66.7 Å². The minimum absolute atomic E-state index is 0.0435. The monoisotopic (exact) mass is 338 g/mol. The molecule has 0 aliphatic heterocycles. The van der Waals surface area contributed by atoms with Crippen LogP contribution in [0.1, 0.15) is 18.5 Å². The molecule has 3 aromatic carbocycles. The van der Waals surface area contributed by atoms with Gasteiger partial charge in [-0.05, 0) is 36.1 Å². The van der Waals surface area contributed by atoms with E-state index in [9.17, 15) is 4.79 Å². The second-order valence-electron chi connectivity index (χ2n) is 5.73. The Hall–Kier alpha value is -2.36. The van der Waals surface area contributed by atoms with Gasteiger partial charge >= 0.3 is 0 Å². The molecule has 0 saturated carbocycles. The Balaban J connectivity index is 1.63. The number of halogens is 1. The molecule has 3 rings (SSSR count). The molecule has 0 heterocycles. The van der Waals surface area contributed by atoms with Crippen molar-refractivity contribution in [3.05, 3.63) is 77.3 Å². The fourth-order valence-electron chi connectivity index (χ4n) is 2.67. The number of benzene rings is 3. The van der Waals surface area contributed by atoms with E-state index in [0.29, 0.717) is 5.02 Å². The van der Waals surface area contributed by atoms with Gasteiger partial charge in [0.25, 0.3) is 0 Å². The van der Waals surface area contributed by atoms with Gasteiger partial charge in [-0.1, -0.05) is 60.1 Å². The smallest absolute Gasteiger partial charge is 0.238 e. The predicted molar refractivity (Wildman–Crippen MR) is 100 cm³/mol. The highest BCUT2D eigenvalue weighted by Crippen LogP contribution is 2.23. The van der Waals surface area contributed by atoms with E-state index in [4.69, 9.17) is 11.6 Å². The molecule has 0 bridgehead atoms. The lowest BCUT2D eigenvalue weighted by atomic mass is 10.1. The van der Waals surface area contributed by atoms with E-state index in [1.54, 1.807) is 0 Å². The number of hydrogen-bond acceptors (Lipinski definition) is 2. The van der Waals surface area contributed by atoms with Crippen LogP contribution in [0.25, 0.3) is 10.8 Å². The lowest BCUT2D eigenvalue weighted by Gasteiger charge is -2.15. The maximum absolute atomic E-state index is 12.3. The van der Waals surface area contributed by atoms with Crippen molar-refractivity contribution in [1.29, 1.82) is 0 Å². The molecule has 3 aromatic rings. The quantitative estimate of drug-likeness (QED) is 0.702. The molecule has 0 saturated heterocycles. The van der Waals surface area contributed by atoms with E-state index >= 15 is 0 Å². The predicted octanol–water partition coefficient (Wildman–Crippen LogP) is 4.78. The number of hydrogen-bond donors (Lipinski definition) is 2. The molecule has 0 fully saturated rings. The van der Waals surface area contributed by atoms with Crippen molar-refractivity contribution in [2.75, 3.05) is 11.9 Å². The van der Waals surface area contributed by atoms with Crippen molar-refractivity contribution in [1.82, 2.24) is 5.32 Å². The number of anilines is 1. The van der Waals surface area contributed by atoms with Crippen LogP contribution in [0.5, 0.6) is 0 Å². The fourth-order valence-corrected chi connectivity index (χ4v) is 2.87. The molecule has 0 radical (unpaired) electrons. The largest absolute Gasteiger partial charge is 0.324 e. The molecule has 1 amide bonds. The first-order valence-electron chi connectivity index (χ1n) is 7.90. The summed E-state index contributed by atoms with van der Waals surface area (Å²) in [6.45, 7) is 2.24. The molecular weight excluding hydrogens is 320 g/mol. The van der Waals surface area contributed by atoms with Crippen molar-refractivity contribution in [3.8, 4) is 0 Å². The zero-order valence-electron chi connectivity index (χ0n) is 13.4. The Labute approximate surface area is 146 Å². The van der Waals surface area contributed by atoms with Crippen LogP contribution in [0, 0.1) is 0 Å². The van der Waals surface area contributed by atoms with Gasteiger partial charge in [-0.2, -0.15) is 0 Å². The number of nitrogens with one attached hydrogen (secondary N) is 2. The van der Waals surface area contributed by atoms with Gasteiger partial charge in [-0.25, -0.2) is 0 Å². The molecule has 4 heteroatoms. The summed E-state index contributed by atoms with van der Waals surface area (Å²) in [6.07, 6.45) is 0. The second-order valence-corrected chi connectivity index (χ2v) is 6.17. The van der Waals surface area contributed by atoms with E-state index < -0.39 is 0 Å². The van der Waals surface area contributed by atoms with E-state index in [1.165, 1.54) is 0 Å². The minimum atomic E-state index is -0.0692. The van der Waals surface area contributed by atoms with Gasteiger partial charge in [0.05, 0.1) is 6.54 Å². The van der Waals surface area contributed by atoms with Crippen molar-refractivity contribution in [2.24, 2.45) is 0 Å². The van der Waals surface area contributed by atoms with Crippen molar-refractivity contribution in [3.63, 3.8) is 0 Å². The van der Waals surface area contributed by atoms with E-state index in [2.05, 4.69) is 10.6 Å². The van der Waals surface area contributed by atoms with E-state index in [-0.39, 0.29) is 18.5 Å². The third kappa shape index (κ3) is 3.94. The lowest BCUT2D eigenvalue weighted by molar-refractivity contribution is -0.115. The molecular formula is C20H19ClN2O. The van der Waals surface area contributed by atoms with Crippen LogP contribution in [0.2, 0.25) is 5.02 Å². The number of fused-ring (bicyclic) bond motifs is 1. The summed E-state index contributed by atoms with van der Waals surface area (Å²) in [5, 5.41) is 9.04. The molecule has 3 nitrogen and oxygen atoms in total. The van der Waals surface area contributed by atoms with Crippen molar-refractivity contribution >= 4 is 34.0 Å². The molecule has 0 unspecified atom stereocenters. The van der Waals surface area contributed by atoms with Crippen LogP contribution in [-0.2, 0) is 4.79 Å². The molecule has 0 aliphatic carbocycles. The van der Waals surface area contributed by atoms with Crippen LogP contribution >= 0.6 is 11.6 Å². The highest BCUT2D eigenvalue weighted by Gasteiger charge is 2.09. The van der Waals surface area contributed by atoms with Crippen molar-refractivity contribution < 1.29 is 4.79 Å². The van der Waals surface area contributed by atoms with Gasteiger partial charge in [-0.15, -0.1) is 0 Å². The zero-order valence-corrected chi connectivity index (χ0v) is 14.2. The molecule has 0 aromatic heterocycles. The van der Waals surface area contributed by atoms with Gasteiger partial charge in [0.15, 0.2) is 0 Å². The highest BCUT2D eigenvalue weighted by molar-refractivity contribution is 6.30. The standard InChI is InChI=1S/C20H19ClN2O/c1-14(16-8-4-9-17(21)12-16)22-13-20(24)23-19-11-5-7-15-6-2-3-10-18(15)19/h2-12,14,22H,13H2,1H3,(H,23,24)/t14-/m1/s1. The highest BCUT2D eigenvalue weighted by atomic mass is 35.5. The first-order chi connectivity index (χ1) is 11.6. The van der Waals surface area contributed by atoms with Crippen LogP contribution < -0.4 is 10.6 Å².